The zero-order chi connectivity index (χ0) is 43.6. The Hall–Kier alpha value is -5.09. The Morgan fingerprint density at radius 3 is 1.66 bits per heavy atom. The van der Waals surface area contributed by atoms with Crippen LogP contribution in [0.4, 0.5) is 11.4 Å². The van der Waals surface area contributed by atoms with Gasteiger partial charge in [-0.15, -0.1) is 0 Å². The topological polar surface area (TPSA) is 157 Å². The Bertz CT molecular complexity index is 2150. The first kappa shape index (κ1) is 45.4. The van der Waals surface area contributed by atoms with Gasteiger partial charge in [-0.1, -0.05) is 120 Å². The highest BCUT2D eigenvalue weighted by Crippen LogP contribution is 2.72. The van der Waals surface area contributed by atoms with Gasteiger partial charge in [0.05, 0.1) is 26.7 Å². The van der Waals surface area contributed by atoms with Gasteiger partial charge in [0, 0.05) is 77.5 Å². The molecular formula is C49H60N6O5S. The van der Waals surface area contributed by atoms with Crippen molar-refractivity contribution in [3.63, 3.8) is 0 Å². The van der Waals surface area contributed by atoms with Gasteiger partial charge >= 0.3 is 0 Å². The summed E-state index contributed by atoms with van der Waals surface area (Å²) in [6.07, 6.45) is 11.1. The number of nitriles is 1. The summed E-state index contributed by atoms with van der Waals surface area (Å²) < 4.78 is 8.08. The molecule has 0 amide bonds. The van der Waals surface area contributed by atoms with Gasteiger partial charge in [-0.2, -0.15) is 5.26 Å². The van der Waals surface area contributed by atoms with Crippen LogP contribution in [0.25, 0.3) is 0 Å². The number of carbonyl (C=O) groups excluding carboxylic acids is 1. The molecule has 4 aromatic rings. The molecule has 0 bridgehead atoms. The number of likely N-dealkylation sites (tertiary alicyclic amines) is 2. The minimum atomic E-state index is -0.547. The zero-order valence-corrected chi connectivity index (χ0v) is 36.6. The first-order chi connectivity index (χ1) is 29.5. The van der Waals surface area contributed by atoms with Gasteiger partial charge in [0.25, 0.3) is 11.4 Å². The molecule has 322 valence electrons. The van der Waals surface area contributed by atoms with Crippen LogP contribution in [-0.2, 0) is 26.3 Å². The van der Waals surface area contributed by atoms with E-state index in [1.165, 1.54) is 63.5 Å². The van der Waals surface area contributed by atoms with Crippen molar-refractivity contribution in [3.8, 4) is 6.07 Å². The fraction of sp³-hybridized carbons (Fsp3) is 0.469. The Morgan fingerprint density at radius 1 is 0.721 bits per heavy atom. The monoisotopic (exact) mass is 844 g/mol. The van der Waals surface area contributed by atoms with Crippen LogP contribution >= 0.6 is 0 Å². The maximum absolute atomic E-state index is 12.0. The lowest BCUT2D eigenvalue weighted by Gasteiger charge is -2.26. The number of hydrogen-bond donors (Lipinski definition) is 1. The molecule has 2 saturated heterocycles. The number of carbonyl (C=O) groups is 1. The van der Waals surface area contributed by atoms with Gasteiger partial charge in [0.2, 0.25) is 0 Å². The van der Waals surface area contributed by atoms with Crippen LogP contribution in [-0.4, -0.2) is 65.2 Å². The van der Waals surface area contributed by atoms with Crippen LogP contribution in [0, 0.1) is 59.5 Å². The summed E-state index contributed by atoms with van der Waals surface area (Å²) in [6, 6.07) is 35.7. The van der Waals surface area contributed by atoms with E-state index in [9.17, 15) is 30.3 Å². The minimum Gasteiger partial charge on any atom is -0.303 e. The van der Waals surface area contributed by atoms with Crippen molar-refractivity contribution in [1.29, 1.82) is 10.0 Å². The Balaban J connectivity index is 0.000000158. The summed E-state index contributed by atoms with van der Waals surface area (Å²) in [5, 5.41) is 31.8. The van der Waals surface area contributed by atoms with E-state index < -0.39 is 21.5 Å². The standard InChI is InChI=1S/C19H26N2O3.C18H23N3O2.C12H11NS/c1-3-4-5-6-10-20-12-17-18(2,13-20)19(17,14-22)15-8-7-9-16(11-15)21(23)24;1-2-3-4-5-9-20-11-16-17(12-20)18(16,13-19)14-7-6-8-15(10-14)21(22)23;13-14(11-7-3-1-4-8-11)12-9-5-2-6-10-12/h7-9,11,14,17H,3-6,10,12-13H2,1-2H3;6-8,10,16-17H,2-5,9,11-12H2,1H3;1-10,13H/t17-,18+,19+;16-,17+,18?;/m1../s1. The SMILES string of the molecule is CCCCCCN1C[C@@H]2[C@H](C1)C2(C#N)c1cccc([N+](=O)[O-])c1.CCCCCCN1C[C@@H]2[C@](C)(C1)[C@@]2(C=O)c1cccc([N+](=O)[O-])c1.N=S(c1ccccc1)c1ccccc1. The summed E-state index contributed by atoms with van der Waals surface area (Å²) in [7, 11) is -0.547. The van der Waals surface area contributed by atoms with Crippen LogP contribution < -0.4 is 0 Å². The molecule has 1 N–H and O–H groups in total. The van der Waals surface area contributed by atoms with Crippen molar-refractivity contribution < 1.29 is 14.6 Å². The van der Waals surface area contributed by atoms with Crippen LogP contribution in [0.15, 0.2) is 119 Å². The van der Waals surface area contributed by atoms with E-state index in [-0.39, 0.29) is 32.6 Å². The van der Waals surface area contributed by atoms with E-state index in [0.717, 1.165) is 66.5 Å². The Kier molecular flexibility index (Phi) is 15.0. The van der Waals surface area contributed by atoms with E-state index in [1.807, 2.05) is 72.8 Å². The van der Waals surface area contributed by atoms with Gasteiger partial charge in [-0.3, -0.25) is 25.0 Å². The molecule has 2 heterocycles. The van der Waals surface area contributed by atoms with Crippen molar-refractivity contribution in [2.24, 2.45) is 23.2 Å². The molecule has 1 unspecified atom stereocenters. The number of benzene rings is 4. The van der Waals surface area contributed by atoms with Crippen molar-refractivity contribution in [2.45, 2.75) is 92.8 Å². The normalized spacial score (nSPS) is 25.8. The average molecular weight is 845 g/mol. The van der Waals surface area contributed by atoms with Gasteiger partial charge in [0.1, 0.15) is 6.29 Å². The smallest absolute Gasteiger partial charge is 0.269 e. The number of piperidine rings is 2. The molecule has 2 saturated carbocycles. The minimum absolute atomic E-state index is 0.0683. The molecule has 6 atom stereocenters. The lowest BCUT2D eigenvalue weighted by atomic mass is 9.86. The highest BCUT2D eigenvalue weighted by atomic mass is 32.2. The first-order valence-electron chi connectivity index (χ1n) is 21.9. The number of nitrogens with zero attached hydrogens (tertiary/aromatic N) is 5. The lowest BCUT2D eigenvalue weighted by Crippen LogP contribution is -2.34. The van der Waals surface area contributed by atoms with Crippen molar-refractivity contribution in [3.05, 3.63) is 141 Å². The van der Waals surface area contributed by atoms with Crippen LogP contribution in [0.2, 0.25) is 0 Å². The maximum atomic E-state index is 12.0. The lowest BCUT2D eigenvalue weighted by molar-refractivity contribution is -0.385. The second-order valence-corrected chi connectivity index (χ2v) is 18.9. The van der Waals surface area contributed by atoms with Crippen LogP contribution in [0.3, 0.4) is 0 Å². The molecule has 11 nitrogen and oxygen atoms in total. The third kappa shape index (κ3) is 9.54. The number of rotatable bonds is 17. The van der Waals surface area contributed by atoms with E-state index in [0.29, 0.717) is 11.8 Å². The molecule has 4 aromatic carbocycles. The fourth-order valence-electron chi connectivity index (χ4n) is 10.2. The molecule has 61 heavy (non-hydrogen) atoms. The van der Waals surface area contributed by atoms with Crippen LogP contribution in [0.5, 0.6) is 0 Å². The van der Waals surface area contributed by atoms with E-state index in [1.54, 1.807) is 24.3 Å². The number of nitro benzene ring substituents is 2. The third-order valence-corrected chi connectivity index (χ3v) is 15.2. The van der Waals surface area contributed by atoms with Crippen molar-refractivity contribution in [2.75, 3.05) is 39.3 Å². The molecule has 0 radical (unpaired) electrons. The number of hydrogen-bond acceptors (Lipinski definition) is 9. The van der Waals surface area contributed by atoms with Crippen molar-refractivity contribution in [1.82, 2.24) is 9.80 Å². The quantitative estimate of drug-likeness (QED) is 0.0476. The predicted octanol–water partition coefficient (Wildman–Crippen LogP) is 10.5. The zero-order valence-electron chi connectivity index (χ0n) is 35.8. The summed E-state index contributed by atoms with van der Waals surface area (Å²) in [4.78, 5) is 40.3. The molecule has 0 spiro atoms. The van der Waals surface area contributed by atoms with E-state index in [4.69, 9.17) is 4.78 Å². The second-order valence-electron chi connectivity index (χ2n) is 17.3. The maximum Gasteiger partial charge on any atom is 0.269 e. The molecule has 8 rings (SSSR count). The number of nitro groups is 2. The second kappa shape index (κ2) is 20.2. The predicted molar refractivity (Wildman–Crippen MR) is 240 cm³/mol. The molecule has 12 heteroatoms. The van der Waals surface area contributed by atoms with E-state index >= 15 is 0 Å². The molecule has 4 aliphatic rings. The summed E-state index contributed by atoms with van der Waals surface area (Å²) in [6.45, 7) is 12.5. The molecular weight excluding hydrogens is 785 g/mol. The Labute approximate surface area is 363 Å². The van der Waals surface area contributed by atoms with E-state index in [2.05, 4.69) is 36.6 Å². The fourth-order valence-corrected chi connectivity index (χ4v) is 11.4. The number of nitrogens with one attached hydrogen (secondary N) is 1. The number of fused-ring (bicyclic) bond motifs is 2. The number of non-ortho nitro benzene ring substituents is 2. The van der Waals surface area contributed by atoms with Crippen LogP contribution in [0.1, 0.15) is 83.3 Å². The summed E-state index contributed by atoms with van der Waals surface area (Å²) in [5.74, 6) is 0.942. The molecule has 2 aliphatic carbocycles. The van der Waals surface area contributed by atoms with Crippen molar-refractivity contribution >= 4 is 28.4 Å². The molecule has 2 aliphatic heterocycles. The average Bonchev–Trinajstić information content (AvgIpc) is 3.82. The third-order valence-electron chi connectivity index (χ3n) is 13.7. The first-order valence-corrected chi connectivity index (χ1v) is 23.1. The summed E-state index contributed by atoms with van der Waals surface area (Å²) >= 11 is 0. The highest BCUT2D eigenvalue weighted by Gasteiger charge is 2.77. The van der Waals surface area contributed by atoms with Gasteiger partial charge < -0.3 is 14.6 Å². The highest BCUT2D eigenvalue weighted by molar-refractivity contribution is 7.86. The Morgan fingerprint density at radius 2 is 1.21 bits per heavy atom. The number of aldehydes is 1. The largest absolute Gasteiger partial charge is 0.303 e. The van der Waals surface area contributed by atoms with Gasteiger partial charge in [-0.25, -0.2) is 0 Å². The molecule has 0 aromatic heterocycles. The number of unbranched alkanes of at least 4 members (excludes halogenated alkanes) is 6. The summed E-state index contributed by atoms with van der Waals surface area (Å²) in [5.41, 5.74) is 0.663. The van der Waals surface area contributed by atoms with Gasteiger partial charge in [-0.05, 0) is 77.9 Å². The van der Waals surface area contributed by atoms with Gasteiger partial charge in [0.15, 0.2) is 0 Å². The molecule has 4 fully saturated rings.